The molecule has 1 unspecified atom stereocenters. The van der Waals surface area contributed by atoms with Crippen LogP contribution in [0.25, 0.3) is 0 Å². The Morgan fingerprint density at radius 2 is 2.15 bits per heavy atom. The van der Waals surface area contributed by atoms with Crippen molar-refractivity contribution in [2.24, 2.45) is 0 Å². The van der Waals surface area contributed by atoms with E-state index in [1.54, 1.807) is 18.5 Å². The van der Waals surface area contributed by atoms with Gasteiger partial charge < -0.3 is 9.84 Å². The first kappa shape index (κ1) is 8.19. The van der Waals surface area contributed by atoms with Crippen molar-refractivity contribution < 1.29 is 9.84 Å². The van der Waals surface area contributed by atoms with Crippen molar-refractivity contribution in [3.63, 3.8) is 0 Å². The van der Waals surface area contributed by atoms with E-state index in [9.17, 15) is 5.11 Å². The molecule has 2 rings (SSSR count). The third kappa shape index (κ3) is 1.67. The van der Waals surface area contributed by atoms with Gasteiger partial charge in [-0.05, 0) is 12.1 Å². The highest BCUT2D eigenvalue weighted by Gasteiger charge is 2.19. The molecule has 0 bridgehead atoms. The Morgan fingerprint density at radius 3 is 2.77 bits per heavy atom. The Balaban J connectivity index is 2.17. The van der Waals surface area contributed by atoms with Gasteiger partial charge in [0.1, 0.15) is 5.76 Å². The Bertz CT molecular complexity index is 311. The fourth-order valence-electron chi connectivity index (χ4n) is 1.21. The molecule has 0 spiro atoms. The highest BCUT2D eigenvalue weighted by Crippen LogP contribution is 2.22. The summed E-state index contributed by atoms with van der Waals surface area (Å²) in [5.74, 6) is 0.946. The molecule has 0 saturated carbocycles. The first-order valence-electron chi connectivity index (χ1n) is 4.16. The van der Waals surface area contributed by atoms with Crippen LogP contribution in [-0.2, 0) is 4.74 Å². The zero-order chi connectivity index (χ0) is 9.10. The molecule has 1 N–H and O–H groups in total. The van der Waals surface area contributed by atoms with Crippen LogP contribution in [0.3, 0.4) is 0 Å². The Hall–Kier alpha value is -1.42. The zero-order valence-electron chi connectivity index (χ0n) is 7.05. The maximum absolute atomic E-state index is 9.70. The van der Waals surface area contributed by atoms with Crippen LogP contribution in [0.2, 0.25) is 0 Å². The van der Waals surface area contributed by atoms with E-state index in [0.29, 0.717) is 18.2 Å². The SMILES string of the molecule is OC(C1=CCCO1)c1ncccn1. The van der Waals surface area contributed by atoms with Gasteiger partial charge in [0.05, 0.1) is 6.61 Å². The molecule has 1 atom stereocenters. The topological polar surface area (TPSA) is 55.2 Å². The molecule has 68 valence electrons. The minimum Gasteiger partial charge on any atom is -0.495 e. The number of aromatic nitrogens is 2. The molecular formula is C9H10N2O2. The van der Waals surface area contributed by atoms with Crippen molar-refractivity contribution in [2.75, 3.05) is 6.61 Å². The molecule has 0 aliphatic carbocycles. The first-order valence-corrected chi connectivity index (χ1v) is 4.16. The van der Waals surface area contributed by atoms with Crippen molar-refractivity contribution in [1.82, 2.24) is 9.97 Å². The summed E-state index contributed by atoms with van der Waals surface area (Å²) in [6.45, 7) is 0.638. The lowest BCUT2D eigenvalue weighted by Gasteiger charge is -2.09. The minimum absolute atomic E-state index is 0.385. The molecule has 1 aliphatic heterocycles. The summed E-state index contributed by atoms with van der Waals surface area (Å²) in [6.07, 6.45) is 5.09. The highest BCUT2D eigenvalue weighted by atomic mass is 16.5. The molecule has 1 aliphatic rings. The van der Waals surface area contributed by atoms with Crippen LogP contribution in [0.4, 0.5) is 0 Å². The second kappa shape index (κ2) is 3.53. The molecule has 0 saturated heterocycles. The maximum Gasteiger partial charge on any atom is 0.170 e. The molecule has 1 aromatic heterocycles. The third-order valence-electron chi connectivity index (χ3n) is 1.83. The molecule has 13 heavy (non-hydrogen) atoms. The molecular weight excluding hydrogens is 168 g/mol. The Labute approximate surface area is 75.9 Å². The Morgan fingerprint density at radius 1 is 1.38 bits per heavy atom. The van der Waals surface area contributed by atoms with Crippen molar-refractivity contribution in [3.8, 4) is 0 Å². The molecule has 0 radical (unpaired) electrons. The average Bonchev–Trinajstić information content (AvgIpc) is 2.71. The number of ether oxygens (including phenoxy) is 1. The number of rotatable bonds is 2. The van der Waals surface area contributed by atoms with Gasteiger partial charge >= 0.3 is 0 Å². The van der Waals surface area contributed by atoms with Crippen LogP contribution in [0.5, 0.6) is 0 Å². The molecule has 0 fully saturated rings. The van der Waals surface area contributed by atoms with Gasteiger partial charge in [-0.2, -0.15) is 0 Å². The summed E-state index contributed by atoms with van der Waals surface area (Å²) < 4.78 is 5.20. The minimum atomic E-state index is -0.816. The van der Waals surface area contributed by atoms with E-state index < -0.39 is 6.10 Å². The summed E-state index contributed by atoms with van der Waals surface area (Å²) >= 11 is 0. The average molecular weight is 178 g/mol. The molecule has 0 amide bonds. The number of nitrogens with zero attached hydrogens (tertiary/aromatic N) is 2. The van der Waals surface area contributed by atoms with Gasteiger partial charge in [0, 0.05) is 18.8 Å². The van der Waals surface area contributed by atoms with Gasteiger partial charge in [-0.15, -0.1) is 0 Å². The number of hydrogen-bond acceptors (Lipinski definition) is 4. The lowest BCUT2D eigenvalue weighted by atomic mass is 10.2. The van der Waals surface area contributed by atoms with Crippen LogP contribution < -0.4 is 0 Å². The van der Waals surface area contributed by atoms with Crippen molar-refractivity contribution in [3.05, 3.63) is 36.1 Å². The van der Waals surface area contributed by atoms with Crippen LogP contribution in [0.15, 0.2) is 30.3 Å². The Kier molecular flexibility index (Phi) is 2.23. The van der Waals surface area contributed by atoms with E-state index in [1.165, 1.54) is 0 Å². The molecule has 4 nitrogen and oxygen atoms in total. The van der Waals surface area contributed by atoms with Crippen molar-refractivity contribution >= 4 is 0 Å². The van der Waals surface area contributed by atoms with Gasteiger partial charge in [-0.1, -0.05) is 0 Å². The zero-order valence-corrected chi connectivity index (χ0v) is 7.05. The van der Waals surface area contributed by atoms with Crippen molar-refractivity contribution in [2.45, 2.75) is 12.5 Å². The van der Waals surface area contributed by atoms with E-state index in [-0.39, 0.29) is 0 Å². The maximum atomic E-state index is 9.70. The van der Waals surface area contributed by atoms with Crippen LogP contribution in [0, 0.1) is 0 Å². The van der Waals surface area contributed by atoms with E-state index in [2.05, 4.69) is 9.97 Å². The number of aliphatic hydroxyl groups is 1. The fourth-order valence-corrected chi connectivity index (χ4v) is 1.21. The molecule has 1 aromatic rings. The lowest BCUT2D eigenvalue weighted by molar-refractivity contribution is 0.113. The lowest BCUT2D eigenvalue weighted by Crippen LogP contribution is -2.06. The largest absolute Gasteiger partial charge is 0.495 e. The summed E-state index contributed by atoms with van der Waals surface area (Å²) in [5.41, 5.74) is 0. The van der Waals surface area contributed by atoms with Crippen LogP contribution in [-0.4, -0.2) is 21.7 Å². The van der Waals surface area contributed by atoms with E-state index in [4.69, 9.17) is 4.74 Å². The van der Waals surface area contributed by atoms with Gasteiger partial charge in [0.2, 0.25) is 0 Å². The van der Waals surface area contributed by atoms with Crippen LogP contribution in [0.1, 0.15) is 18.3 Å². The van der Waals surface area contributed by atoms with Gasteiger partial charge in [0.15, 0.2) is 11.9 Å². The smallest absolute Gasteiger partial charge is 0.170 e. The molecule has 0 aromatic carbocycles. The van der Waals surface area contributed by atoms with E-state index in [1.807, 2.05) is 6.08 Å². The number of hydrogen-bond donors (Lipinski definition) is 1. The summed E-state index contributed by atoms with van der Waals surface area (Å²) in [4.78, 5) is 7.88. The van der Waals surface area contributed by atoms with E-state index >= 15 is 0 Å². The summed E-state index contributed by atoms with van der Waals surface area (Å²) in [5, 5.41) is 9.70. The second-order valence-corrected chi connectivity index (χ2v) is 2.75. The summed E-state index contributed by atoms with van der Waals surface area (Å²) in [6, 6.07) is 1.71. The van der Waals surface area contributed by atoms with Gasteiger partial charge in [-0.25, -0.2) is 9.97 Å². The molecule has 2 heterocycles. The molecule has 4 heteroatoms. The first-order chi connectivity index (χ1) is 6.38. The predicted octanol–water partition coefficient (Wildman–Crippen LogP) is 0.814. The second-order valence-electron chi connectivity index (χ2n) is 2.75. The standard InChI is InChI=1S/C9H10N2O2/c12-8(7-3-1-6-13-7)9-10-4-2-5-11-9/h2-5,8,12H,1,6H2. The third-order valence-corrected chi connectivity index (χ3v) is 1.83. The predicted molar refractivity (Wildman–Crippen MR) is 45.6 cm³/mol. The van der Waals surface area contributed by atoms with E-state index in [0.717, 1.165) is 6.42 Å². The quantitative estimate of drug-likeness (QED) is 0.728. The van der Waals surface area contributed by atoms with Gasteiger partial charge in [0.25, 0.3) is 0 Å². The fraction of sp³-hybridized carbons (Fsp3) is 0.333. The van der Waals surface area contributed by atoms with Crippen LogP contribution >= 0.6 is 0 Å². The summed E-state index contributed by atoms with van der Waals surface area (Å²) in [7, 11) is 0. The monoisotopic (exact) mass is 178 g/mol. The highest BCUT2D eigenvalue weighted by molar-refractivity contribution is 5.11. The normalized spacial score (nSPS) is 17.8. The van der Waals surface area contributed by atoms with Crippen molar-refractivity contribution in [1.29, 1.82) is 0 Å². The number of aliphatic hydroxyl groups excluding tert-OH is 1. The van der Waals surface area contributed by atoms with Gasteiger partial charge in [-0.3, -0.25) is 0 Å².